The van der Waals surface area contributed by atoms with Crippen molar-refractivity contribution in [3.63, 3.8) is 0 Å². The molecular formula is C15H20N4. The fourth-order valence-electron chi connectivity index (χ4n) is 2.16. The maximum atomic E-state index is 4.56. The van der Waals surface area contributed by atoms with Crippen molar-refractivity contribution < 1.29 is 0 Å². The molecule has 0 amide bonds. The Morgan fingerprint density at radius 3 is 2.58 bits per heavy atom. The van der Waals surface area contributed by atoms with Gasteiger partial charge in [-0.15, -0.1) is 0 Å². The standard InChI is InChI=1S/C15H20N4/c1-12-8-14(9-16-2)10-18-15(12)19(3)11-13-4-6-17-7-5-13/h4-8,10,16H,9,11H2,1-3H3. The summed E-state index contributed by atoms with van der Waals surface area (Å²) >= 11 is 0. The minimum atomic E-state index is 0.835. The normalized spacial score (nSPS) is 10.5. The Kier molecular flexibility index (Phi) is 4.47. The maximum absolute atomic E-state index is 4.56. The summed E-state index contributed by atoms with van der Waals surface area (Å²) in [6.45, 7) is 3.79. The van der Waals surface area contributed by atoms with Crippen LogP contribution in [0.1, 0.15) is 16.7 Å². The predicted molar refractivity (Wildman–Crippen MR) is 78.1 cm³/mol. The van der Waals surface area contributed by atoms with Gasteiger partial charge >= 0.3 is 0 Å². The number of nitrogens with one attached hydrogen (secondary N) is 1. The molecule has 1 N–H and O–H groups in total. The average Bonchev–Trinajstić information content (AvgIpc) is 2.40. The topological polar surface area (TPSA) is 41.1 Å². The van der Waals surface area contributed by atoms with E-state index in [1.165, 1.54) is 16.7 Å². The zero-order chi connectivity index (χ0) is 13.7. The van der Waals surface area contributed by atoms with Crippen LogP contribution >= 0.6 is 0 Å². The molecule has 0 fully saturated rings. The Labute approximate surface area is 114 Å². The molecule has 0 aromatic carbocycles. The van der Waals surface area contributed by atoms with Crippen molar-refractivity contribution in [1.82, 2.24) is 15.3 Å². The van der Waals surface area contributed by atoms with Crippen molar-refractivity contribution in [2.75, 3.05) is 19.0 Å². The van der Waals surface area contributed by atoms with Gasteiger partial charge in [0.05, 0.1) is 0 Å². The molecule has 100 valence electrons. The molecule has 0 bridgehead atoms. The Morgan fingerprint density at radius 2 is 1.95 bits per heavy atom. The van der Waals surface area contributed by atoms with Gasteiger partial charge in [-0.1, -0.05) is 0 Å². The lowest BCUT2D eigenvalue weighted by Crippen LogP contribution is -2.19. The lowest BCUT2D eigenvalue weighted by atomic mass is 10.2. The van der Waals surface area contributed by atoms with Gasteiger partial charge < -0.3 is 10.2 Å². The number of aromatic nitrogens is 2. The number of rotatable bonds is 5. The molecular weight excluding hydrogens is 236 g/mol. The zero-order valence-corrected chi connectivity index (χ0v) is 11.7. The molecule has 0 saturated carbocycles. The molecule has 2 rings (SSSR count). The van der Waals surface area contributed by atoms with Gasteiger partial charge in [0.2, 0.25) is 0 Å². The highest BCUT2D eigenvalue weighted by Crippen LogP contribution is 2.18. The predicted octanol–water partition coefficient (Wildman–Crippen LogP) is 2.14. The van der Waals surface area contributed by atoms with Crippen molar-refractivity contribution in [1.29, 1.82) is 0 Å². The van der Waals surface area contributed by atoms with E-state index in [1.54, 1.807) is 0 Å². The number of hydrogen-bond donors (Lipinski definition) is 1. The van der Waals surface area contributed by atoms with Crippen molar-refractivity contribution in [3.05, 3.63) is 53.5 Å². The van der Waals surface area contributed by atoms with Crippen LogP contribution in [0, 0.1) is 6.92 Å². The van der Waals surface area contributed by atoms with Crippen LogP contribution in [-0.2, 0) is 13.1 Å². The van der Waals surface area contributed by atoms with Crippen LogP contribution in [0.4, 0.5) is 5.82 Å². The second kappa shape index (κ2) is 6.29. The van der Waals surface area contributed by atoms with E-state index in [0.717, 1.165) is 18.9 Å². The van der Waals surface area contributed by atoms with Crippen molar-refractivity contribution in [2.45, 2.75) is 20.0 Å². The van der Waals surface area contributed by atoms with Crippen molar-refractivity contribution in [3.8, 4) is 0 Å². The van der Waals surface area contributed by atoms with Crippen molar-refractivity contribution in [2.24, 2.45) is 0 Å². The summed E-state index contributed by atoms with van der Waals surface area (Å²) in [7, 11) is 4.01. The van der Waals surface area contributed by atoms with Crippen LogP contribution in [-0.4, -0.2) is 24.1 Å². The summed E-state index contributed by atoms with van der Waals surface area (Å²) in [4.78, 5) is 10.8. The second-order valence-corrected chi connectivity index (χ2v) is 4.73. The van der Waals surface area contributed by atoms with Gasteiger partial charge in [0.15, 0.2) is 0 Å². The van der Waals surface area contributed by atoms with Gasteiger partial charge in [0.1, 0.15) is 5.82 Å². The summed E-state index contributed by atoms with van der Waals surface area (Å²) in [6, 6.07) is 6.24. The highest BCUT2D eigenvalue weighted by molar-refractivity contribution is 5.47. The van der Waals surface area contributed by atoms with Crippen LogP contribution in [0.25, 0.3) is 0 Å². The third-order valence-corrected chi connectivity index (χ3v) is 3.02. The lowest BCUT2D eigenvalue weighted by molar-refractivity contribution is 0.807. The highest BCUT2D eigenvalue weighted by atomic mass is 15.2. The monoisotopic (exact) mass is 256 g/mol. The van der Waals surface area contributed by atoms with Crippen LogP contribution in [0.15, 0.2) is 36.8 Å². The first-order valence-electron chi connectivity index (χ1n) is 6.41. The first kappa shape index (κ1) is 13.5. The third-order valence-electron chi connectivity index (χ3n) is 3.02. The van der Waals surface area contributed by atoms with E-state index in [0.29, 0.717) is 0 Å². The fraction of sp³-hybridized carbons (Fsp3) is 0.333. The van der Waals surface area contributed by atoms with E-state index in [1.807, 2.05) is 37.8 Å². The van der Waals surface area contributed by atoms with Gasteiger partial charge in [0.25, 0.3) is 0 Å². The quantitative estimate of drug-likeness (QED) is 0.890. The van der Waals surface area contributed by atoms with E-state index >= 15 is 0 Å². The molecule has 0 unspecified atom stereocenters. The van der Waals surface area contributed by atoms with E-state index in [2.05, 4.69) is 40.2 Å². The Morgan fingerprint density at radius 1 is 1.21 bits per heavy atom. The lowest BCUT2D eigenvalue weighted by Gasteiger charge is -2.20. The minimum Gasteiger partial charge on any atom is -0.355 e. The Hall–Kier alpha value is -1.94. The summed E-state index contributed by atoms with van der Waals surface area (Å²) in [5.74, 6) is 1.02. The molecule has 0 aliphatic rings. The third kappa shape index (κ3) is 3.51. The maximum Gasteiger partial charge on any atom is 0.131 e. The Bertz CT molecular complexity index is 525. The number of aryl methyl sites for hydroxylation is 1. The minimum absolute atomic E-state index is 0.835. The summed E-state index contributed by atoms with van der Waals surface area (Å²) < 4.78 is 0. The molecule has 2 heterocycles. The number of pyridine rings is 2. The van der Waals surface area contributed by atoms with E-state index < -0.39 is 0 Å². The van der Waals surface area contributed by atoms with Crippen LogP contribution in [0.3, 0.4) is 0 Å². The molecule has 4 nitrogen and oxygen atoms in total. The molecule has 0 atom stereocenters. The summed E-state index contributed by atoms with van der Waals surface area (Å²) in [5.41, 5.74) is 3.64. The first-order valence-corrected chi connectivity index (χ1v) is 6.41. The van der Waals surface area contributed by atoms with Gasteiger partial charge in [0, 0.05) is 38.7 Å². The molecule has 4 heteroatoms. The van der Waals surface area contributed by atoms with Gasteiger partial charge in [-0.25, -0.2) is 4.98 Å². The van der Waals surface area contributed by atoms with Crippen LogP contribution < -0.4 is 10.2 Å². The zero-order valence-electron chi connectivity index (χ0n) is 11.7. The average molecular weight is 256 g/mol. The summed E-state index contributed by atoms with van der Waals surface area (Å²) in [5, 5.41) is 3.14. The highest BCUT2D eigenvalue weighted by Gasteiger charge is 2.07. The molecule has 0 aliphatic carbocycles. The fourth-order valence-corrected chi connectivity index (χ4v) is 2.16. The van der Waals surface area contributed by atoms with E-state index in [4.69, 9.17) is 0 Å². The first-order chi connectivity index (χ1) is 9.20. The molecule has 0 radical (unpaired) electrons. The van der Waals surface area contributed by atoms with Gasteiger partial charge in [-0.2, -0.15) is 0 Å². The number of hydrogen-bond acceptors (Lipinski definition) is 4. The summed E-state index contributed by atoms with van der Waals surface area (Å²) in [6.07, 6.45) is 5.57. The number of anilines is 1. The molecule has 0 saturated heterocycles. The number of nitrogens with zero attached hydrogens (tertiary/aromatic N) is 3. The van der Waals surface area contributed by atoms with E-state index in [9.17, 15) is 0 Å². The largest absolute Gasteiger partial charge is 0.355 e. The second-order valence-electron chi connectivity index (χ2n) is 4.73. The molecule has 19 heavy (non-hydrogen) atoms. The smallest absolute Gasteiger partial charge is 0.131 e. The van der Waals surface area contributed by atoms with E-state index in [-0.39, 0.29) is 0 Å². The Balaban J connectivity index is 2.13. The van der Waals surface area contributed by atoms with Crippen molar-refractivity contribution >= 4 is 5.82 Å². The van der Waals surface area contributed by atoms with Crippen LogP contribution in [0.2, 0.25) is 0 Å². The van der Waals surface area contributed by atoms with Gasteiger partial charge in [-0.3, -0.25) is 4.98 Å². The SMILES string of the molecule is CNCc1cnc(N(C)Cc2ccncc2)c(C)c1. The van der Waals surface area contributed by atoms with Crippen LogP contribution in [0.5, 0.6) is 0 Å². The molecule has 0 aliphatic heterocycles. The molecule has 0 spiro atoms. The van der Waals surface area contributed by atoms with Gasteiger partial charge in [-0.05, 0) is 48.9 Å². The molecule has 2 aromatic rings. The molecule has 2 aromatic heterocycles.